The van der Waals surface area contributed by atoms with Crippen LogP contribution in [0.15, 0.2) is 47.7 Å². The SMILES string of the molecule is COc1ncccc1C(=O)NCCn1nc(-c2cccnc2)n(C2CC2)c1=O. The molecule has 0 spiro atoms. The molecule has 9 nitrogen and oxygen atoms in total. The molecule has 0 bridgehead atoms. The summed E-state index contributed by atoms with van der Waals surface area (Å²) in [6, 6.07) is 7.19. The molecule has 1 N–H and O–H groups in total. The summed E-state index contributed by atoms with van der Waals surface area (Å²) in [5, 5.41) is 7.27. The van der Waals surface area contributed by atoms with E-state index in [2.05, 4.69) is 20.4 Å². The van der Waals surface area contributed by atoms with Crippen LogP contribution in [0, 0.1) is 0 Å². The molecule has 3 aromatic rings. The summed E-state index contributed by atoms with van der Waals surface area (Å²) in [6.45, 7) is 0.519. The number of pyridine rings is 2. The van der Waals surface area contributed by atoms with Crippen molar-refractivity contribution in [1.29, 1.82) is 0 Å². The second-order valence-corrected chi connectivity index (χ2v) is 6.49. The van der Waals surface area contributed by atoms with Crippen molar-refractivity contribution in [1.82, 2.24) is 29.6 Å². The number of hydrogen-bond donors (Lipinski definition) is 1. The minimum absolute atomic E-state index is 0.172. The molecule has 3 aromatic heterocycles. The van der Waals surface area contributed by atoms with E-state index in [1.807, 2.05) is 12.1 Å². The highest BCUT2D eigenvalue weighted by atomic mass is 16.5. The molecule has 144 valence electrons. The van der Waals surface area contributed by atoms with E-state index in [0.29, 0.717) is 11.4 Å². The Morgan fingerprint density at radius 2 is 2.11 bits per heavy atom. The number of nitrogens with zero attached hydrogens (tertiary/aromatic N) is 5. The maximum atomic E-state index is 12.8. The van der Waals surface area contributed by atoms with Crippen molar-refractivity contribution in [3.05, 3.63) is 58.9 Å². The van der Waals surface area contributed by atoms with E-state index in [-0.39, 0.29) is 36.6 Å². The molecular weight excluding hydrogens is 360 g/mol. The molecule has 0 aliphatic heterocycles. The third-order valence-corrected chi connectivity index (χ3v) is 4.52. The average Bonchev–Trinajstić information content (AvgIpc) is 3.52. The van der Waals surface area contributed by atoms with Crippen LogP contribution in [0.3, 0.4) is 0 Å². The van der Waals surface area contributed by atoms with Gasteiger partial charge in [-0.3, -0.25) is 14.3 Å². The quantitative estimate of drug-likeness (QED) is 0.662. The van der Waals surface area contributed by atoms with Crippen LogP contribution >= 0.6 is 0 Å². The summed E-state index contributed by atoms with van der Waals surface area (Å²) in [7, 11) is 1.46. The Bertz CT molecular complexity index is 1040. The zero-order chi connectivity index (χ0) is 19.5. The fourth-order valence-corrected chi connectivity index (χ4v) is 3.02. The average molecular weight is 380 g/mol. The zero-order valence-electron chi connectivity index (χ0n) is 15.4. The molecule has 9 heteroatoms. The first-order chi connectivity index (χ1) is 13.7. The van der Waals surface area contributed by atoms with Gasteiger partial charge in [0.2, 0.25) is 5.88 Å². The monoisotopic (exact) mass is 380 g/mol. The molecule has 3 heterocycles. The van der Waals surface area contributed by atoms with Gasteiger partial charge in [-0.2, -0.15) is 0 Å². The molecule has 1 amide bonds. The molecule has 0 saturated heterocycles. The lowest BCUT2D eigenvalue weighted by Crippen LogP contribution is -2.32. The first kappa shape index (κ1) is 17.9. The van der Waals surface area contributed by atoms with Crippen LogP contribution < -0.4 is 15.7 Å². The molecule has 1 fully saturated rings. The van der Waals surface area contributed by atoms with E-state index in [1.165, 1.54) is 11.8 Å². The van der Waals surface area contributed by atoms with E-state index >= 15 is 0 Å². The second-order valence-electron chi connectivity index (χ2n) is 6.49. The molecule has 0 radical (unpaired) electrons. The maximum Gasteiger partial charge on any atom is 0.346 e. The Hall–Kier alpha value is -3.49. The summed E-state index contributed by atoms with van der Waals surface area (Å²) >= 11 is 0. The fraction of sp³-hybridized carbons (Fsp3) is 0.316. The van der Waals surface area contributed by atoms with Crippen LogP contribution in [-0.2, 0) is 6.54 Å². The predicted octanol–water partition coefficient (Wildman–Crippen LogP) is 1.28. The molecular formula is C19H20N6O3. The van der Waals surface area contributed by atoms with E-state index in [9.17, 15) is 9.59 Å². The Morgan fingerprint density at radius 3 is 2.82 bits per heavy atom. The Morgan fingerprint density at radius 1 is 1.29 bits per heavy atom. The number of carbonyl (C=O) groups excluding carboxylic acids is 1. The van der Waals surface area contributed by atoms with Crippen molar-refractivity contribution in [3.8, 4) is 17.3 Å². The fourth-order valence-electron chi connectivity index (χ4n) is 3.02. The number of ether oxygens (including phenoxy) is 1. The molecule has 1 aliphatic rings. The van der Waals surface area contributed by atoms with E-state index in [1.54, 1.807) is 35.3 Å². The van der Waals surface area contributed by atoms with Crippen LogP contribution in [0.25, 0.3) is 11.4 Å². The Labute approximate surface area is 161 Å². The lowest BCUT2D eigenvalue weighted by Gasteiger charge is -2.07. The van der Waals surface area contributed by atoms with Crippen molar-refractivity contribution in [2.75, 3.05) is 13.7 Å². The lowest BCUT2D eigenvalue weighted by atomic mass is 10.2. The van der Waals surface area contributed by atoms with Gasteiger partial charge >= 0.3 is 5.69 Å². The van der Waals surface area contributed by atoms with Crippen LogP contribution in [0.5, 0.6) is 5.88 Å². The predicted molar refractivity (Wildman–Crippen MR) is 101 cm³/mol. The van der Waals surface area contributed by atoms with Gasteiger partial charge in [-0.1, -0.05) is 0 Å². The number of aromatic nitrogens is 5. The van der Waals surface area contributed by atoms with Gasteiger partial charge in [-0.05, 0) is 37.1 Å². The summed E-state index contributed by atoms with van der Waals surface area (Å²) in [6.07, 6.45) is 6.87. The summed E-state index contributed by atoms with van der Waals surface area (Å²) < 4.78 is 8.22. The molecule has 1 saturated carbocycles. The van der Waals surface area contributed by atoms with Gasteiger partial charge in [-0.25, -0.2) is 14.5 Å². The molecule has 28 heavy (non-hydrogen) atoms. The van der Waals surface area contributed by atoms with E-state index in [0.717, 1.165) is 18.4 Å². The summed E-state index contributed by atoms with van der Waals surface area (Å²) in [5.74, 6) is 0.557. The smallest absolute Gasteiger partial charge is 0.346 e. The van der Waals surface area contributed by atoms with Gasteiger partial charge in [0.25, 0.3) is 5.91 Å². The number of amides is 1. The van der Waals surface area contributed by atoms with Crippen molar-refractivity contribution in [2.24, 2.45) is 0 Å². The van der Waals surface area contributed by atoms with Gasteiger partial charge in [0.1, 0.15) is 5.56 Å². The minimum Gasteiger partial charge on any atom is -0.480 e. The van der Waals surface area contributed by atoms with Gasteiger partial charge < -0.3 is 10.1 Å². The van der Waals surface area contributed by atoms with Crippen LogP contribution in [0.2, 0.25) is 0 Å². The number of hydrogen-bond acceptors (Lipinski definition) is 6. The number of nitrogens with one attached hydrogen (secondary N) is 1. The summed E-state index contributed by atoms with van der Waals surface area (Å²) in [5.41, 5.74) is 0.973. The van der Waals surface area contributed by atoms with Crippen molar-refractivity contribution < 1.29 is 9.53 Å². The van der Waals surface area contributed by atoms with E-state index < -0.39 is 0 Å². The first-order valence-electron chi connectivity index (χ1n) is 9.06. The topological polar surface area (TPSA) is 104 Å². The van der Waals surface area contributed by atoms with Crippen molar-refractivity contribution >= 4 is 5.91 Å². The highest BCUT2D eigenvalue weighted by molar-refractivity contribution is 5.96. The molecule has 0 aromatic carbocycles. The lowest BCUT2D eigenvalue weighted by molar-refractivity contribution is 0.0948. The van der Waals surface area contributed by atoms with Crippen LogP contribution in [-0.4, -0.2) is 43.9 Å². The van der Waals surface area contributed by atoms with Gasteiger partial charge in [-0.15, -0.1) is 5.10 Å². The largest absolute Gasteiger partial charge is 0.480 e. The molecule has 0 unspecified atom stereocenters. The van der Waals surface area contributed by atoms with Crippen LogP contribution in [0.4, 0.5) is 0 Å². The number of rotatable bonds is 7. The minimum atomic E-state index is -0.313. The number of carbonyl (C=O) groups is 1. The highest BCUT2D eigenvalue weighted by Crippen LogP contribution is 2.36. The number of methoxy groups -OCH3 is 1. The van der Waals surface area contributed by atoms with Gasteiger partial charge in [0, 0.05) is 36.7 Å². The third-order valence-electron chi connectivity index (χ3n) is 4.52. The third kappa shape index (κ3) is 3.51. The van der Waals surface area contributed by atoms with Crippen LogP contribution in [0.1, 0.15) is 29.2 Å². The molecule has 1 aliphatic carbocycles. The van der Waals surface area contributed by atoms with Gasteiger partial charge in [0.05, 0.1) is 13.7 Å². The Balaban J connectivity index is 1.50. The van der Waals surface area contributed by atoms with Gasteiger partial charge in [0.15, 0.2) is 5.82 Å². The van der Waals surface area contributed by atoms with Crippen molar-refractivity contribution in [3.63, 3.8) is 0 Å². The second kappa shape index (κ2) is 7.63. The normalized spacial score (nSPS) is 13.3. The van der Waals surface area contributed by atoms with E-state index in [4.69, 9.17) is 4.74 Å². The first-order valence-corrected chi connectivity index (χ1v) is 9.06. The van der Waals surface area contributed by atoms with Crippen molar-refractivity contribution in [2.45, 2.75) is 25.4 Å². The zero-order valence-corrected chi connectivity index (χ0v) is 15.4. The highest BCUT2D eigenvalue weighted by Gasteiger charge is 2.30. The maximum absolute atomic E-state index is 12.8. The molecule has 0 atom stereocenters. The Kier molecular flexibility index (Phi) is 4.88. The summed E-state index contributed by atoms with van der Waals surface area (Å²) in [4.78, 5) is 33.3. The standard InChI is InChI=1S/C19H20N6O3/c1-28-18-15(5-3-9-22-18)17(26)21-10-11-24-19(27)25(14-6-7-14)16(23-24)13-4-2-8-20-12-13/h2-5,8-9,12,14H,6-7,10-11H2,1H3,(H,21,26). The molecule has 4 rings (SSSR count).